The molecule has 0 spiro atoms. The van der Waals surface area contributed by atoms with Crippen molar-refractivity contribution in [1.29, 1.82) is 0 Å². The van der Waals surface area contributed by atoms with Crippen LogP contribution in [0.25, 0.3) is 0 Å². The molecule has 22 heavy (non-hydrogen) atoms. The van der Waals surface area contributed by atoms with Crippen molar-refractivity contribution in [3.63, 3.8) is 0 Å². The van der Waals surface area contributed by atoms with Crippen LogP contribution >= 0.6 is 0 Å². The molecule has 0 aliphatic heterocycles. The molecule has 0 heterocycles. The SMILES string of the molecule is O=[N+]([O-])c1ccc(O)c(C=NCCCNC2CCCCC2)c1. The number of phenolic OH excluding ortho intramolecular Hbond substituents is 1. The normalized spacial score (nSPS) is 16.2. The Morgan fingerprint density at radius 1 is 1.36 bits per heavy atom. The van der Waals surface area contributed by atoms with Crippen molar-refractivity contribution in [2.45, 2.75) is 44.6 Å². The van der Waals surface area contributed by atoms with Crippen molar-refractivity contribution >= 4 is 11.9 Å². The zero-order valence-electron chi connectivity index (χ0n) is 12.7. The molecule has 2 N–H and O–H groups in total. The summed E-state index contributed by atoms with van der Waals surface area (Å²) in [4.78, 5) is 14.5. The Morgan fingerprint density at radius 3 is 2.86 bits per heavy atom. The van der Waals surface area contributed by atoms with Crippen molar-refractivity contribution in [2.24, 2.45) is 4.99 Å². The summed E-state index contributed by atoms with van der Waals surface area (Å²) >= 11 is 0. The van der Waals surface area contributed by atoms with E-state index in [9.17, 15) is 15.2 Å². The molecule has 0 unspecified atom stereocenters. The lowest BCUT2D eigenvalue weighted by atomic mass is 9.95. The molecule has 120 valence electrons. The first-order valence-corrected chi connectivity index (χ1v) is 7.87. The van der Waals surface area contributed by atoms with E-state index >= 15 is 0 Å². The standard InChI is InChI=1S/C16H23N3O3/c20-16-8-7-15(19(21)22)11-13(16)12-17-9-4-10-18-14-5-2-1-3-6-14/h7-8,11-12,14,18,20H,1-6,9-10H2. The van der Waals surface area contributed by atoms with Crippen LogP contribution in [0.2, 0.25) is 0 Å². The largest absolute Gasteiger partial charge is 0.507 e. The summed E-state index contributed by atoms with van der Waals surface area (Å²) in [6.45, 7) is 1.57. The number of aromatic hydroxyl groups is 1. The summed E-state index contributed by atoms with van der Waals surface area (Å²) in [5, 5.41) is 23.9. The maximum Gasteiger partial charge on any atom is 0.270 e. The monoisotopic (exact) mass is 305 g/mol. The first-order valence-electron chi connectivity index (χ1n) is 7.87. The highest BCUT2D eigenvalue weighted by atomic mass is 16.6. The van der Waals surface area contributed by atoms with Crippen molar-refractivity contribution in [2.75, 3.05) is 13.1 Å². The number of hydrogen-bond donors (Lipinski definition) is 2. The van der Waals surface area contributed by atoms with E-state index in [1.165, 1.54) is 56.5 Å². The van der Waals surface area contributed by atoms with Crippen molar-refractivity contribution < 1.29 is 10.0 Å². The molecule has 1 saturated carbocycles. The van der Waals surface area contributed by atoms with Gasteiger partial charge < -0.3 is 10.4 Å². The third-order valence-corrected chi connectivity index (χ3v) is 3.95. The summed E-state index contributed by atoms with van der Waals surface area (Å²) in [5.41, 5.74) is 0.340. The summed E-state index contributed by atoms with van der Waals surface area (Å²) in [6, 6.07) is 4.59. The zero-order chi connectivity index (χ0) is 15.8. The second-order valence-electron chi connectivity index (χ2n) is 5.68. The third-order valence-electron chi connectivity index (χ3n) is 3.95. The predicted molar refractivity (Wildman–Crippen MR) is 86.7 cm³/mol. The van der Waals surface area contributed by atoms with Crippen LogP contribution in [0.3, 0.4) is 0 Å². The third kappa shape index (κ3) is 5.11. The van der Waals surface area contributed by atoms with Crippen molar-refractivity contribution in [3.05, 3.63) is 33.9 Å². The van der Waals surface area contributed by atoms with Crippen LogP contribution in [0.1, 0.15) is 44.1 Å². The number of nitrogens with zero attached hydrogens (tertiary/aromatic N) is 2. The van der Waals surface area contributed by atoms with Gasteiger partial charge in [-0.05, 0) is 31.9 Å². The fraction of sp³-hybridized carbons (Fsp3) is 0.562. The van der Waals surface area contributed by atoms with Gasteiger partial charge in [0.25, 0.3) is 5.69 Å². The first-order chi connectivity index (χ1) is 10.7. The molecule has 0 amide bonds. The Bertz CT molecular complexity index is 525. The summed E-state index contributed by atoms with van der Waals surface area (Å²) in [6.07, 6.45) is 8.96. The van der Waals surface area contributed by atoms with E-state index < -0.39 is 4.92 Å². The van der Waals surface area contributed by atoms with E-state index in [0.29, 0.717) is 18.2 Å². The number of aliphatic imine (C=N–C) groups is 1. The lowest BCUT2D eigenvalue weighted by Crippen LogP contribution is -2.31. The molecule has 0 atom stereocenters. The molecule has 6 heteroatoms. The Hall–Kier alpha value is -1.95. The van der Waals surface area contributed by atoms with E-state index in [-0.39, 0.29) is 11.4 Å². The number of nitro groups is 1. The van der Waals surface area contributed by atoms with Crippen LogP contribution in [-0.2, 0) is 0 Å². The molecule has 1 aromatic carbocycles. The summed E-state index contributed by atoms with van der Waals surface area (Å²) in [5.74, 6) is 0.00896. The number of non-ortho nitro benzene ring substituents is 1. The molecule has 0 radical (unpaired) electrons. The average molecular weight is 305 g/mol. The van der Waals surface area contributed by atoms with Gasteiger partial charge in [-0.25, -0.2) is 0 Å². The zero-order valence-corrected chi connectivity index (χ0v) is 12.7. The number of nitrogens with one attached hydrogen (secondary N) is 1. The Labute approximate surface area is 130 Å². The van der Waals surface area contributed by atoms with Gasteiger partial charge in [0.2, 0.25) is 0 Å². The van der Waals surface area contributed by atoms with Gasteiger partial charge in [-0.3, -0.25) is 15.1 Å². The first kappa shape index (κ1) is 16.4. The molecule has 0 bridgehead atoms. The van der Waals surface area contributed by atoms with Crippen LogP contribution in [0.5, 0.6) is 5.75 Å². The summed E-state index contributed by atoms with van der Waals surface area (Å²) in [7, 11) is 0. The van der Waals surface area contributed by atoms with Gasteiger partial charge in [-0.2, -0.15) is 0 Å². The van der Waals surface area contributed by atoms with Gasteiger partial charge in [0, 0.05) is 36.5 Å². The molecule has 1 aromatic rings. The summed E-state index contributed by atoms with van der Waals surface area (Å²) < 4.78 is 0. The van der Waals surface area contributed by atoms with Crippen LogP contribution in [0, 0.1) is 10.1 Å². The number of nitro benzene ring substituents is 1. The van der Waals surface area contributed by atoms with Crippen molar-refractivity contribution in [3.8, 4) is 5.75 Å². The molecular formula is C16H23N3O3. The molecule has 6 nitrogen and oxygen atoms in total. The Kier molecular flexibility index (Phi) is 6.33. The van der Waals surface area contributed by atoms with Crippen molar-refractivity contribution in [1.82, 2.24) is 5.32 Å². The second kappa shape index (κ2) is 8.48. The predicted octanol–water partition coefficient (Wildman–Crippen LogP) is 3.03. The van der Waals surface area contributed by atoms with E-state index in [2.05, 4.69) is 10.3 Å². The van der Waals surface area contributed by atoms with Crippen LogP contribution in [-0.4, -0.2) is 35.4 Å². The molecule has 1 fully saturated rings. The highest BCUT2D eigenvalue weighted by Crippen LogP contribution is 2.21. The molecule has 1 aliphatic rings. The van der Waals surface area contributed by atoms with Crippen LogP contribution < -0.4 is 5.32 Å². The Morgan fingerprint density at radius 2 is 2.14 bits per heavy atom. The fourth-order valence-electron chi connectivity index (χ4n) is 2.71. The van der Waals surface area contributed by atoms with Crippen LogP contribution in [0.15, 0.2) is 23.2 Å². The maximum absolute atomic E-state index is 10.7. The minimum atomic E-state index is -0.481. The van der Waals surface area contributed by atoms with E-state index in [1.54, 1.807) is 0 Å². The second-order valence-corrected chi connectivity index (χ2v) is 5.68. The quantitative estimate of drug-likeness (QED) is 0.351. The number of phenols is 1. The Balaban J connectivity index is 1.73. The van der Waals surface area contributed by atoms with Crippen LogP contribution in [0.4, 0.5) is 5.69 Å². The van der Waals surface area contributed by atoms with Gasteiger partial charge in [-0.1, -0.05) is 19.3 Å². The minimum Gasteiger partial charge on any atom is -0.507 e. The minimum absolute atomic E-state index is 0.00896. The number of hydrogen-bond acceptors (Lipinski definition) is 5. The number of benzene rings is 1. The fourth-order valence-corrected chi connectivity index (χ4v) is 2.71. The van der Waals surface area contributed by atoms with E-state index in [1.807, 2.05) is 0 Å². The topological polar surface area (TPSA) is 87.8 Å². The molecule has 0 aromatic heterocycles. The lowest BCUT2D eigenvalue weighted by Gasteiger charge is -2.22. The molecule has 0 saturated heterocycles. The molecule has 2 rings (SSSR count). The molecule has 1 aliphatic carbocycles. The van der Waals surface area contributed by atoms with Gasteiger partial charge in [0.05, 0.1) is 4.92 Å². The van der Waals surface area contributed by atoms with Gasteiger partial charge >= 0.3 is 0 Å². The smallest absolute Gasteiger partial charge is 0.270 e. The average Bonchev–Trinajstić information content (AvgIpc) is 2.53. The van der Waals surface area contributed by atoms with Gasteiger partial charge in [0.1, 0.15) is 5.75 Å². The highest BCUT2D eigenvalue weighted by molar-refractivity contribution is 5.84. The highest BCUT2D eigenvalue weighted by Gasteiger charge is 2.11. The van der Waals surface area contributed by atoms with Gasteiger partial charge in [-0.15, -0.1) is 0 Å². The maximum atomic E-state index is 10.7. The van der Waals surface area contributed by atoms with E-state index in [0.717, 1.165) is 13.0 Å². The van der Waals surface area contributed by atoms with Gasteiger partial charge in [0.15, 0.2) is 0 Å². The molecular weight excluding hydrogens is 282 g/mol. The van der Waals surface area contributed by atoms with E-state index in [4.69, 9.17) is 0 Å². The lowest BCUT2D eigenvalue weighted by molar-refractivity contribution is -0.384. The number of rotatable bonds is 7.